The number of nitrogens with zero attached hydrogens (tertiary/aromatic N) is 2. The molecule has 2 unspecified atom stereocenters. The lowest BCUT2D eigenvalue weighted by Gasteiger charge is -2.48. The predicted octanol–water partition coefficient (Wildman–Crippen LogP) is 6.46. The molecule has 4 aliphatic rings. The second-order valence-electron chi connectivity index (χ2n) is 13.4. The molecule has 0 spiro atoms. The Morgan fingerprint density at radius 1 is 0.976 bits per heavy atom. The molecule has 2 saturated carbocycles. The topological polar surface area (TPSA) is 57.7 Å². The molecular formula is C33H41F3N2O3S. The molecule has 0 bridgehead atoms. The molecule has 5 nitrogen and oxygen atoms in total. The zero-order valence-electron chi connectivity index (χ0n) is 24.7. The highest BCUT2D eigenvalue weighted by molar-refractivity contribution is 7.89. The van der Waals surface area contributed by atoms with Crippen LogP contribution in [0.15, 0.2) is 47.4 Å². The molecule has 3 fully saturated rings. The lowest BCUT2D eigenvalue weighted by atomic mass is 9.55. The van der Waals surface area contributed by atoms with Crippen molar-refractivity contribution in [3.05, 3.63) is 64.7 Å². The van der Waals surface area contributed by atoms with E-state index >= 15 is 0 Å². The molecule has 3 aliphatic carbocycles. The third-order valence-corrected chi connectivity index (χ3v) is 13.1. The molecule has 6 rings (SSSR count). The maximum Gasteiger partial charge on any atom is 0.417 e. The maximum absolute atomic E-state index is 13.6. The van der Waals surface area contributed by atoms with Crippen LogP contribution in [0.5, 0.6) is 0 Å². The maximum atomic E-state index is 13.6. The van der Waals surface area contributed by atoms with E-state index in [4.69, 9.17) is 0 Å². The number of benzene rings is 2. The van der Waals surface area contributed by atoms with Crippen LogP contribution in [0.3, 0.4) is 0 Å². The van der Waals surface area contributed by atoms with Crippen LogP contribution in [-0.2, 0) is 33.8 Å². The molecule has 1 saturated heterocycles. The highest BCUT2D eigenvalue weighted by Crippen LogP contribution is 2.59. The summed E-state index contributed by atoms with van der Waals surface area (Å²) < 4.78 is 68.9. The Bertz CT molecular complexity index is 1480. The van der Waals surface area contributed by atoms with Crippen molar-refractivity contribution in [2.75, 3.05) is 19.6 Å². The Morgan fingerprint density at radius 3 is 2.50 bits per heavy atom. The molecule has 228 valence electrons. The fourth-order valence-corrected chi connectivity index (χ4v) is 10.6. The van der Waals surface area contributed by atoms with E-state index in [2.05, 4.69) is 30.0 Å². The summed E-state index contributed by atoms with van der Waals surface area (Å²) in [5.74, 6) is 2.14. The Morgan fingerprint density at radius 2 is 1.74 bits per heavy atom. The number of halogens is 3. The van der Waals surface area contributed by atoms with Gasteiger partial charge in [0, 0.05) is 43.6 Å². The van der Waals surface area contributed by atoms with E-state index in [0.717, 1.165) is 63.6 Å². The second kappa shape index (κ2) is 10.7. The van der Waals surface area contributed by atoms with E-state index in [0.29, 0.717) is 30.1 Å². The van der Waals surface area contributed by atoms with Crippen molar-refractivity contribution >= 4 is 15.8 Å². The monoisotopic (exact) mass is 602 g/mol. The van der Waals surface area contributed by atoms with Crippen molar-refractivity contribution in [1.82, 2.24) is 9.21 Å². The van der Waals surface area contributed by atoms with Gasteiger partial charge in [-0.2, -0.15) is 17.5 Å². The summed E-state index contributed by atoms with van der Waals surface area (Å²) in [6, 6.07) is 10.8. The zero-order chi connectivity index (χ0) is 30.0. The number of fused-ring (bicyclic) bond motifs is 5. The van der Waals surface area contributed by atoms with Crippen molar-refractivity contribution in [3.63, 3.8) is 0 Å². The van der Waals surface area contributed by atoms with Crippen molar-refractivity contribution in [1.29, 1.82) is 0 Å². The minimum absolute atomic E-state index is 0.114. The first-order valence-electron chi connectivity index (χ1n) is 15.4. The first-order chi connectivity index (χ1) is 19.8. The van der Waals surface area contributed by atoms with E-state index < -0.39 is 32.7 Å². The van der Waals surface area contributed by atoms with Gasteiger partial charge in [0.05, 0.1) is 10.5 Å². The number of hydrogen-bond acceptors (Lipinski definition) is 4. The number of alkyl halides is 3. The fraction of sp³-hybridized carbons (Fsp3) is 0.606. The van der Waals surface area contributed by atoms with Gasteiger partial charge in [0.25, 0.3) is 0 Å². The molecular weight excluding hydrogens is 561 g/mol. The fourth-order valence-electron chi connectivity index (χ4n) is 8.70. The van der Waals surface area contributed by atoms with Crippen LogP contribution >= 0.6 is 0 Å². The van der Waals surface area contributed by atoms with Crippen molar-refractivity contribution < 1.29 is 26.4 Å². The molecule has 0 aromatic heterocycles. The Balaban J connectivity index is 1.12. The van der Waals surface area contributed by atoms with Gasteiger partial charge in [-0.25, -0.2) is 8.42 Å². The molecule has 1 heterocycles. The average Bonchev–Trinajstić information content (AvgIpc) is 3.26. The first-order valence-corrected chi connectivity index (χ1v) is 16.8. The van der Waals surface area contributed by atoms with Gasteiger partial charge >= 0.3 is 6.18 Å². The van der Waals surface area contributed by atoms with Gasteiger partial charge in [-0.05, 0) is 98.9 Å². The van der Waals surface area contributed by atoms with E-state index in [1.54, 1.807) is 6.92 Å². The van der Waals surface area contributed by atoms with E-state index in [1.807, 2.05) is 6.92 Å². The standard InChI is InChI=1S/C33H41F3N2O3S/c1-21-20-38(42(40,41)30-7-5-4-6-29(30)33(34,35)36)22(2)19-37(21)17-15-23-8-10-25-24(18-23)9-11-27-26(25)14-16-32(3)28(27)12-13-31(32)39/h4-8,10,18,21-22,26-28H,9,11-17,19-20H2,1-3H3/t21?,22?,26-,27-,28+,32+/m1/s1. The summed E-state index contributed by atoms with van der Waals surface area (Å²) >= 11 is 0. The molecule has 2 aromatic carbocycles. The highest BCUT2D eigenvalue weighted by atomic mass is 32.2. The largest absolute Gasteiger partial charge is 0.417 e. The lowest BCUT2D eigenvalue weighted by molar-refractivity contribution is -0.140. The van der Waals surface area contributed by atoms with Crippen LogP contribution in [0.2, 0.25) is 0 Å². The number of rotatable bonds is 5. The van der Waals surface area contributed by atoms with Crippen LogP contribution in [0.4, 0.5) is 13.2 Å². The van der Waals surface area contributed by atoms with Crippen LogP contribution in [0, 0.1) is 17.3 Å². The Labute approximate surface area is 247 Å². The molecule has 0 N–H and O–H groups in total. The summed E-state index contributed by atoms with van der Waals surface area (Å²) in [4.78, 5) is 14.2. The van der Waals surface area contributed by atoms with Gasteiger partial charge in [-0.3, -0.25) is 9.69 Å². The summed E-state index contributed by atoms with van der Waals surface area (Å²) in [6.45, 7) is 7.29. The number of hydrogen-bond donors (Lipinski definition) is 0. The highest BCUT2D eigenvalue weighted by Gasteiger charge is 2.54. The third-order valence-electron chi connectivity index (χ3n) is 11.0. The summed E-state index contributed by atoms with van der Waals surface area (Å²) in [5, 5.41) is 0. The quantitative estimate of drug-likeness (QED) is 0.395. The zero-order valence-corrected chi connectivity index (χ0v) is 25.5. The van der Waals surface area contributed by atoms with Gasteiger partial charge in [0.1, 0.15) is 5.78 Å². The smallest absolute Gasteiger partial charge is 0.299 e. The van der Waals surface area contributed by atoms with Gasteiger partial charge < -0.3 is 0 Å². The van der Waals surface area contributed by atoms with Gasteiger partial charge in [0.2, 0.25) is 10.0 Å². The van der Waals surface area contributed by atoms with Crippen molar-refractivity contribution in [2.45, 2.75) is 94.8 Å². The number of sulfonamides is 1. The normalized spacial score (nSPS) is 32.3. The summed E-state index contributed by atoms with van der Waals surface area (Å²) in [5.41, 5.74) is 2.93. The van der Waals surface area contributed by atoms with E-state index in [-0.39, 0.29) is 18.0 Å². The van der Waals surface area contributed by atoms with E-state index in [9.17, 15) is 26.4 Å². The number of carbonyl (C=O) groups excluding carboxylic acids is 1. The molecule has 0 amide bonds. The average molecular weight is 603 g/mol. The summed E-state index contributed by atoms with van der Waals surface area (Å²) in [7, 11) is -4.31. The molecule has 1 aliphatic heterocycles. The molecule has 9 heteroatoms. The van der Waals surface area contributed by atoms with Crippen LogP contribution in [0.1, 0.15) is 81.0 Å². The van der Waals surface area contributed by atoms with Crippen molar-refractivity contribution in [3.8, 4) is 0 Å². The van der Waals surface area contributed by atoms with E-state index in [1.165, 1.54) is 33.1 Å². The number of carbonyl (C=O) groups is 1. The number of piperazine rings is 1. The molecule has 0 radical (unpaired) electrons. The van der Waals surface area contributed by atoms with Gasteiger partial charge in [0.15, 0.2) is 0 Å². The van der Waals surface area contributed by atoms with Gasteiger partial charge in [-0.1, -0.05) is 37.3 Å². The first kappa shape index (κ1) is 29.8. The van der Waals surface area contributed by atoms with Crippen LogP contribution < -0.4 is 0 Å². The predicted molar refractivity (Wildman–Crippen MR) is 156 cm³/mol. The summed E-state index contributed by atoms with van der Waals surface area (Å²) in [6.07, 6.45) is 2.16. The number of ketones is 1. The lowest BCUT2D eigenvalue weighted by Crippen LogP contribution is -2.58. The minimum atomic E-state index is -4.75. The van der Waals surface area contributed by atoms with Crippen LogP contribution in [0.25, 0.3) is 0 Å². The molecule has 6 atom stereocenters. The Kier molecular flexibility index (Phi) is 7.62. The molecule has 2 aromatic rings. The Hall–Kier alpha value is -2.23. The van der Waals surface area contributed by atoms with Gasteiger partial charge in [-0.15, -0.1) is 0 Å². The minimum Gasteiger partial charge on any atom is -0.299 e. The second-order valence-corrected chi connectivity index (χ2v) is 15.2. The van der Waals surface area contributed by atoms with Crippen LogP contribution in [-0.4, -0.2) is 55.1 Å². The molecule has 42 heavy (non-hydrogen) atoms. The van der Waals surface area contributed by atoms with Crippen molar-refractivity contribution in [2.24, 2.45) is 17.3 Å². The number of aryl methyl sites for hydroxylation is 1. The third kappa shape index (κ3) is 5.03. The number of Topliss-reactive ketones (excluding diaryl/α,β-unsaturated/α-hetero) is 1. The SMILES string of the molecule is CC1CN(S(=O)(=O)c2ccccc2C(F)(F)F)C(C)CN1CCc1ccc2c(c1)CC[C@@H]1[C@@H]2CC[C@]2(C)C(=O)CC[C@@H]12.